The van der Waals surface area contributed by atoms with Gasteiger partial charge in [0.1, 0.15) is 0 Å². The van der Waals surface area contributed by atoms with Crippen molar-refractivity contribution in [2.75, 3.05) is 7.05 Å². The largest absolute Gasteiger partial charge is 0.390 e. The number of halogens is 2. The monoisotopic (exact) mass is 314 g/mol. The van der Waals surface area contributed by atoms with Crippen molar-refractivity contribution in [2.24, 2.45) is 0 Å². The first-order valence-electron chi connectivity index (χ1n) is 6.66. The lowest BCUT2D eigenvalue weighted by Crippen LogP contribution is -2.43. The van der Waals surface area contributed by atoms with E-state index in [1.54, 1.807) is 24.1 Å². The highest BCUT2D eigenvalue weighted by Crippen LogP contribution is 2.40. The van der Waals surface area contributed by atoms with E-state index in [1.807, 2.05) is 0 Å². The number of nitrogens with zero attached hydrogens (tertiary/aromatic N) is 1. The molecule has 1 aromatic rings. The summed E-state index contributed by atoms with van der Waals surface area (Å²) in [7, 11) is 1.69. The Morgan fingerprint density at radius 2 is 2.10 bits per heavy atom. The van der Waals surface area contributed by atoms with Gasteiger partial charge in [0.05, 0.1) is 12.1 Å². The number of hydrogen-bond donors (Lipinski definition) is 2. The van der Waals surface area contributed by atoms with Gasteiger partial charge in [-0.15, -0.1) is 0 Å². The van der Waals surface area contributed by atoms with Crippen LogP contribution in [-0.2, 0) is 6.42 Å². The van der Waals surface area contributed by atoms with Gasteiger partial charge < -0.3 is 15.3 Å². The summed E-state index contributed by atoms with van der Waals surface area (Å²) < 4.78 is 0. The van der Waals surface area contributed by atoms with E-state index < -0.39 is 12.1 Å². The normalized spacial score (nSPS) is 24.4. The van der Waals surface area contributed by atoms with Crippen LogP contribution >= 0.6 is 23.2 Å². The molecule has 6 heteroatoms. The zero-order valence-electron chi connectivity index (χ0n) is 11.1. The third-order valence-electron chi connectivity index (χ3n) is 3.93. The molecule has 4 nitrogen and oxygen atoms in total. The molecule has 0 spiro atoms. The minimum absolute atomic E-state index is 0.166. The van der Waals surface area contributed by atoms with Crippen LogP contribution in [0.25, 0.3) is 0 Å². The molecular weight excluding hydrogens is 299 g/mol. The Kier molecular flexibility index (Phi) is 3.56. The van der Waals surface area contributed by atoms with E-state index in [1.165, 1.54) is 0 Å². The number of carbonyl (C=O) groups excluding carboxylic acids is 1. The summed E-state index contributed by atoms with van der Waals surface area (Å²) >= 11 is 12.2. The van der Waals surface area contributed by atoms with Crippen LogP contribution in [0.1, 0.15) is 30.0 Å². The molecule has 0 aliphatic heterocycles. The Morgan fingerprint density at radius 1 is 1.40 bits per heavy atom. The molecule has 2 atom stereocenters. The van der Waals surface area contributed by atoms with Crippen LogP contribution in [-0.4, -0.2) is 35.2 Å². The van der Waals surface area contributed by atoms with Crippen molar-refractivity contribution in [3.63, 3.8) is 0 Å². The first-order valence-corrected chi connectivity index (χ1v) is 7.42. The summed E-state index contributed by atoms with van der Waals surface area (Å²) in [6.07, 6.45) is 1.84. The smallest absolute Gasteiger partial charge is 0.317 e. The molecule has 1 saturated carbocycles. The zero-order valence-corrected chi connectivity index (χ0v) is 12.6. The van der Waals surface area contributed by atoms with Gasteiger partial charge in [0, 0.05) is 29.6 Å². The highest BCUT2D eigenvalue weighted by molar-refractivity contribution is 6.35. The van der Waals surface area contributed by atoms with E-state index in [4.69, 9.17) is 23.2 Å². The molecule has 0 radical (unpaired) electrons. The molecule has 0 saturated heterocycles. The highest BCUT2D eigenvalue weighted by Gasteiger charge is 2.38. The Morgan fingerprint density at radius 3 is 2.75 bits per heavy atom. The molecule has 0 bridgehead atoms. The van der Waals surface area contributed by atoms with Crippen molar-refractivity contribution in [3.8, 4) is 0 Å². The topological polar surface area (TPSA) is 52.6 Å². The Labute approximate surface area is 127 Å². The van der Waals surface area contributed by atoms with E-state index in [9.17, 15) is 9.90 Å². The van der Waals surface area contributed by atoms with Crippen LogP contribution in [0.15, 0.2) is 12.1 Å². The van der Waals surface area contributed by atoms with Crippen molar-refractivity contribution >= 4 is 29.2 Å². The fourth-order valence-electron chi connectivity index (χ4n) is 2.73. The van der Waals surface area contributed by atoms with Crippen LogP contribution in [0.3, 0.4) is 0 Å². The van der Waals surface area contributed by atoms with Crippen LogP contribution in [0.5, 0.6) is 0 Å². The minimum Gasteiger partial charge on any atom is -0.390 e. The summed E-state index contributed by atoms with van der Waals surface area (Å²) in [4.78, 5) is 13.7. The maximum atomic E-state index is 12.1. The fourth-order valence-corrected chi connectivity index (χ4v) is 3.31. The summed E-state index contributed by atoms with van der Waals surface area (Å²) in [6.45, 7) is 0. The number of fused-ring (bicyclic) bond motifs is 1. The number of rotatable bonds is 2. The minimum atomic E-state index is -0.657. The Balaban J connectivity index is 1.88. The van der Waals surface area contributed by atoms with Gasteiger partial charge in [-0.3, -0.25) is 0 Å². The second-order valence-corrected chi connectivity index (χ2v) is 6.35. The first kappa shape index (κ1) is 14.0. The SMILES string of the molecule is CN(C(=O)NC1CC1)[C@@H]1c2cc(Cl)cc(Cl)c2C[C@H]1O. The molecule has 2 aliphatic rings. The molecule has 2 N–H and O–H groups in total. The van der Waals surface area contributed by atoms with E-state index in [0.29, 0.717) is 16.5 Å². The van der Waals surface area contributed by atoms with Gasteiger partial charge >= 0.3 is 6.03 Å². The molecule has 2 amide bonds. The molecule has 20 heavy (non-hydrogen) atoms. The van der Waals surface area contributed by atoms with Gasteiger partial charge in [-0.25, -0.2) is 4.79 Å². The molecule has 108 valence electrons. The maximum Gasteiger partial charge on any atom is 0.317 e. The number of nitrogens with one attached hydrogen (secondary N) is 1. The summed E-state index contributed by atoms with van der Waals surface area (Å²) in [5.41, 5.74) is 1.71. The predicted molar refractivity (Wildman–Crippen MR) is 78.2 cm³/mol. The number of aliphatic hydroxyl groups excluding tert-OH is 1. The second kappa shape index (κ2) is 5.10. The molecule has 0 unspecified atom stereocenters. The van der Waals surface area contributed by atoms with E-state index >= 15 is 0 Å². The molecular formula is C14H16Cl2N2O2. The van der Waals surface area contributed by atoms with E-state index in [0.717, 1.165) is 24.0 Å². The van der Waals surface area contributed by atoms with Crippen molar-refractivity contribution in [1.29, 1.82) is 0 Å². The molecule has 0 aromatic heterocycles. The fraction of sp³-hybridized carbons (Fsp3) is 0.500. The maximum absolute atomic E-state index is 12.1. The van der Waals surface area contributed by atoms with Crippen molar-refractivity contribution in [1.82, 2.24) is 10.2 Å². The standard InChI is InChI=1S/C14H16Cl2N2O2/c1-18(14(20)17-8-2-3-8)13-10-4-7(15)5-11(16)9(10)6-12(13)19/h4-5,8,12-13,19H,2-3,6H2,1H3,(H,17,20)/t12-,13-/m1/s1. The molecule has 1 aromatic carbocycles. The van der Waals surface area contributed by atoms with Gasteiger partial charge in [0.15, 0.2) is 0 Å². The average molecular weight is 315 g/mol. The Hall–Kier alpha value is -0.970. The average Bonchev–Trinajstić information content (AvgIpc) is 3.11. The number of amides is 2. The second-order valence-electron chi connectivity index (χ2n) is 5.51. The lowest BCUT2D eigenvalue weighted by molar-refractivity contribution is 0.0891. The lowest BCUT2D eigenvalue weighted by Gasteiger charge is -2.28. The van der Waals surface area contributed by atoms with Crippen molar-refractivity contribution < 1.29 is 9.90 Å². The Bertz CT molecular complexity index is 560. The summed E-state index contributed by atoms with van der Waals surface area (Å²) in [6, 6.07) is 3.16. The number of likely N-dealkylation sites (N-methyl/N-ethyl adjacent to an activating group) is 1. The van der Waals surface area contributed by atoms with Gasteiger partial charge in [0.25, 0.3) is 0 Å². The van der Waals surface area contributed by atoms with Crippen LogP contribution in [0, 0.1) is 0 Å². The van der Waals surface area contributed by atoms with Gasteiger partial charge in [-0.2, -0.15) is 0 Å². The number of hydrogen-bond acceptors (Lipinski definition) is 2. The quantitative estimate of drug-likeness (QED) is 0.882. The van der Waals surface area contributed by atoms with Crippen LogP contribution in [0.2, 0.25) is 10.0 Å². The molecule has 1 fully saturated rings. The predicted octanol–water partition coefficient (Wildman–Crippen LogP) is 2.76. The van der Waals surface area contributed by atoms with Crippen molar-refractivity contribution in [2.45, 2.75) is 37.5 Å². The van der Waals surface area contributed by atoms with Gasteiger partial charge in [-0.05, 0) is 36.1 Å². The van der Waals surface area contributed by atoms with E-state index in [-0.39, 0.29) is 12.1 Å². The lowest BCUT2D eigenvalue weighted by atomic mass is 10.1. The molecule has 2 aliphatic carbocycles. The van der Waals surface area contributed by atoms with Gasteiger partial charge in [-0.1, -0.05) is 23.2 Å². The highest BCUT2D eigenvalue weighted by atomic mass is 35.5. The summed E-state index contributed by atoms with van der Waals surface area (Å²) in [5.74, 6) is 0. The third-order valence-corrected chi connectivity index (χ3v) is 4.49. The zero-order chi connectivity index (χ0) is 14.4. The van der Waals surface area contributed by atoms with E-state index in [2.05, 4.69) is 5.32 Å². The number of benzene rings is 1. The number of urea groups is 1. The first-order chi connectivity index (χ1) is 9.47. The molecule has 3 rings (SSSR count). The van der Waals surface area contributed by atoms with Crippen molar-refractivity contribution in [3.05, 3.63) is 33.3 Å². The number of aliphatic hydroxyl groups is 1. The van der Waals surface area contributed by atoms with Crippen LogP contribution < -0.4 is 5.32 Å². The molecule has 0 heterocycles. The number of carbonyl (C=O) groups is 1. The summed E-state index contributed by atoms with van der Waals surface area (Å²) in [5, 5.41) is 14.3. The van der Waals surface area contributed by atoms with Gasteiger partial charge in [0.2, 0.25) is 0 Å². The third kappa shape index (κ3) is 2.48. The van der Waals surface area contributed by atoms with Crippen LogP contribution in [0.4, 0.5) is 4.79 Å².